The third-order valence-corrected chi connectivity index (χ3v) is 0.385. The molecule has 0 aliphatic heterocycles. The van der Waals surface area contributed by atoms with Gasteiger partial charge in [0.15, 0.2) is 0 Å². The highest BCUT2D eigenvalue weighted by Gasteiger charge is 1.54. The molecule has 0 unspecified atom stereocenters. The van der Waals surface area contributed by atoms with Gasteiger partial charge in [0.25, 0.3) is 0 Å². The van der Waals surface area contributed by atoms with Crippen LogP contribution in [0.5, 0.6) is 0 Å². The molecular weight excluding hydrogens is 85.5 g/mol. The van der Waals surface area contributed by atoms with E-state index in [2.05, 4.69) is 0 Å². The van der Waals surface area contributed by atoms with Gasteiger partial charge >= 0.3 is 0 Å². The summed E-state index contributed by atoms with van der Waals surface area (Å²) < 4.78 is 0. The van der Waals surface area contributed by atoms with Crippen LogP contribution in [0.3, 0.4) is 0 Å². The predicted molar refractivity (Wildman–Crippen MR) is 23.0 cm³/mol. The van der Waals surface area contributed by atoms with Crippen LogP contribution in [0.15, 0.2) is 11.6 Å². The third-order valence-electron chi connectivity index (χ3n) is 0.207. The minimum atomic E-state index is 0.281. The van der Waals surface area contributed by atoms with Crippen LogP contribution in [-0.2, 0) is 0 Å². The van der Waals surface area contributed by atoms with Crippen molar-refractivity contribution < 1.29 is 0 Å². The molecule has 0 aromatic carbocycles. The zero-order valence-corrected chi connectivity index (χ0v) is 3.50. The zero-order chi connectivity index (χ0) is 4.12. The van der Waals surface area contributed by atoms with Crippen molar-refractivity contribution in [3.05, 3.63) is 11.6 Å². The summed E-state index contributed by atoms with van der Waals surface area (Å²) in [5.74, 6) is 0. The summed E-state index contributed by atoms with van der Waals surface area (Å²) in [4.78, 5) is 0. The Bertz CT molecular complexity index is 33.9. The Hall–Kier alpha value is -0.0100. The van der Waals surface area contributed by atoms with E-state index in [0.717, 1.165) is 0 Å². The first kappa shape index (κ1) is 4.99. The van der Waals surface area contributed by atoms with Gasteiger partial charge in [0, 0.05) is 12.1 Å². The van der Waals surface area contributed by atoms with Crippen LogP contribution in [0.4, 0.5) is 0 Å². The molecule has 0 rings (SSSR count). The second kappa shape index (κ2) is 3.99. The minimum Gasteiger partial charge on any atom is -0.254 e. The number of hydrogen-bond donors (Lipinski definition) is 0. The Morgan fingerprint density at radius 3 is 2.40 bits per heavy atom. The number of hydrogen-bond acceptors (Lipinski definition) is 0. The maximum Gasteiger partial charge on any atom is 0.0292 e. The summed E-state index contributed by atoms with van der Waals surface area (Å²) in [6, 6.07) is 0. The van der Waals surface area contributed by atoms with E-state index in [1.165, 1.54) is 5.54 Å². The van der Waals surface area contributed by atoms with Crippen LogP contribution >= 0.6 is 11.6 Å². The van der Waals surface area contributed by atoms with Gasteiger partial charge in [-0.2, -0.15) is 0 Å². The van der Waals surface area contributed by atoms with Crippen molar-refractivity contribution in [3.8, 4) is 0 Å². The maximum atomic E-state index is 6.43. The normalized spacial score (nSPS) is 10.0. The molecule has 0 saturated carbocycles. The monoisotopic (exact) mass is 90.0 g/mol. The highest BCUT2D eigenvalue weighted by atomic mass is 35.5. The van der Waals surface area contributed by atoms with Crippen molar-refractivity contribution in [2.45, 2.75) is 0 Å². The van der Waals surface area contributed by atoms with Crippen LogP contribution in [0, 0.1) is 0 Å². The van der Waals surface area contributed by atoms with E-state index >= 15 is 0 Å². The quantitative estimate of drug-likeness (QED) is 0.459. The van der Waals surface area contributed by atoms with E-state index in [1.54, 1.807) is 6.08 Å². The summed E-state index contributed by atoms with van der Waals surface area (Å²) in [7, 11) is 0. The Balaban J connectivity index is 2.62. The zero-order valence-electron chi connectivity index (χ0n) is 2.74. The molecule has 0 aromatic rings. The first-order chi connectivity index (χ1) is 2.41. The fourth-order valence-electron chi connectivity index (χ4n) is 0.0445. The van der Waals surface area contributed by atoms with Gasteiger partial charge in [-0.15, -0.1) is 0 Å². The van der Waals surface area contributed by atoms with Crippen molar-refractivity contribution in [3.63, 3.8) is 0 Å². The highest BCUT2D eigenvalue weighted by Crippen LogP contribution is 1.71. The van der Waals surface area contributed by atoms with Gasteiger partial charge in [-0.1, -0.05) is 17.7 Å². The molecule has 0 aliphatic rings. The summed E-state index contributed by atoms with van der Waals surface area (Å²) in [6.45, 7) is 0.281. The second-order valence-electron chi connectivity index (χ2n) is 0.566. The lowest BCUT2D eigenvalue weighted by molar-refractivity contribution is 1.20. The van der Waals surface area contributed by atoms with Gasteiger partial charge in [-0.3, -0.25) is 5.73 Å². The SMILES string of the molecule is [NH]CC=CCl. The predicted octanol–water partition coefficient (Wildman–Crippen LogP) is 1.02. The Kier molecular flexibility index (Phi) is 3.98. The number of nitrogens with one attached hydrogen (secondary N) is 1. The summed E-state index contributed by atoms with van der Waals surface area (Å²) >= 11 is 5.00. The lowest BCUT2D eigenvalue weighted by atomic mass is 10.7. The van der Waals surface area contributed by atoms with Crippen LogP contribution in [0.25, 0.3) is 0 Å². The lowest BCUT2D eigenvalue weighted by Gasteiger charge is -1.63. The molecule has 5 heavy (non-hydrogen) atoms. The van der Waals surface area contributed by atoms with Gasteiger partial charge < -0.3 is 0 Å². The molecule has 0 amide bonds. The highest BCUT2D eigenvalue weighted by molar-refractivity contribution is 6.25. The molecule has 0 bridgehead atoms. The van der Waals surface area contributed by atoms with E-state index in [4.69, 9.17) is 17.3 Å². The molecular formula is C3H5ClN. The average molecular weight is 90.5 g/mol. The Labute approximate surface area is 36.4 Å². The lowest BCUT2D eigenvalue weighted by Crippen LogP contribution is -1.69. The van der Waals surface area contributed by atoms with Gasteiger partial charge in [0.2, 0.25) is 0 Å². The van der Waals surface area contributed by atoms with Crippen molar-refractivity contribution in [2.75, 3.05) is 6.54 Å². The van der Waals surface area contributed by atoms with Crippen molar-refractivity contribution in [2.24, 2.45) is 0 Å². The maximum absolute atomic E-state index is 6.43. The smallest absolute Gasteiger partial charge is 0.0292 e. The van der Waals surface area contributed by atoms with Gasteiger partial charge in [0.1, 0.15) is 0 Å². The van der Waals surface area contributed by atoms with Crippen molar-refractivity contribution in [1.82, 2.24) is 5.73 Å². The molecule has 0 heterocycles. The topological polar surface area (TPSA) is 23.8 Å². The first-order valence-corrected chi connectivity index (χ1v) is 1.75. The minimum absolute atomic E-state index is 0.281. The molecule has 0 aromatic heterocycles. The molecule has 1 radical (unpaired) electrons. The molecule has 0 saturated heterocycles. The van der Waals surface area contributed by atoms with Gasteiger partial charge in [-0.05, 0) is 0 Å². The molecule has 2 heteroatoms. The van der Waals surface area contributed by atoms with E-state index in [1.807, 2.05) is 0 Å². The molecule has 1 nitrogen and oxygen atoms in total. The average Bonchev–Trinajstić information content (AvgIpc) is 1.41. The van der Waals surface area contributed by atoms with Gasteiger partial charge in [-0.25, -0.2) is 0 Å². The van der Waals surface area contributed by atoms with Gasteiger partial charge in [0.05, 0.1) is 0 Å². The Morgan fingerprint density at radius 2 is 2.40 bits per heavy atom. The van der Waals surface area contributed by atoms with E-state index in [0.29, 0.717) is 0 Å². The van der Waals surface area contributed by atoms with E-state index < -0.39 is 0 Å². The fourth-order valence-corrected chi connectivity index (χ4v) is 0.134. The molecule has 1 N–H and O–H groups in total. The second-order valence-corrected chi connectivity index (χ2v) is 0.818. The molecule has 0 spiro atoms. The number of rotatable bonds is 1. The fraction of sp³-hybridized carbons (Fsp3) is 0.333. The third kappa shape index (κ3) is 3.99. The summed E-state index contributed by atoms with van der Waals surface area (Å²) in [5, 5.41) is 0. The van der Waals surface area contributed by atoms with Crippen LogP contribution in [0.2, 0.25) is 0 Å². The molecule has 0 aliphatic carbocycles. The van der Waals surface area contributed by atoms with E-state index in [-0.39, 0.29) is 6.54 Å². The van der Waals surface area contributed by atoms with Crippen LogP contribution in [0.1, 0.15) is 0 Å². The number of halogens is 1. The molecule has 0 atom stereocenters. The summed E-state index contributed by atoms with van der Waals surface area (Å²) in [6.07, 6.45) is 1.56. The van der Waals surface area contributed by atoms with Crippen LogP contribution < -0.4 is 5.73 Å². The standard InChI is InChI=1S/C3H5ClN/c4-2-1-3-5/h1-2,5H,3H2. The Morgan fingerprint density at radius 1 is 1.80 bits per heavy atom. The van der Waals surface area contributed by atoms with E-state index in [9.17, 15) is 0 Å². The van der Waals surface area contributed by atoms with Crippen LogP contribution in [-0.4, -0.2) is 6.54 Å². The first-order valence-electron chi connectivity index (χ1n) is 1.31. The molecule has 0 fully saturated rings. The van der Waals surface area contributed by atoms with Crippen molar-refractivity contribution >= 4 is 11.6 Å². The largest absolute Gasteiger partial charge is 0.254 e. The summed E-state index contributed by atoms with van der Waals surface area (Å²) in [5.41, 5.74) is 7.77. The molecule has 29 valence electrons. The van der Waals surface area contributed by atoms with Crippen molar-refractivity contribution in [1.29, 1.82) is 0 Å².